The quantitative estimate of drug-likeness (QED) is 0.213. The molecular weight excluding hydrogens is 524 g/mol. The van der Waals surface area contributed by atoms with Crippen LogP contribution in [0.5, 0.6) is 0 Å². The summed E-state index contributed by atoms with van der Waals surface area (Å²) in [5, 5.41) is -0.352. The molecule has 0 aromatic heterocycles. The first-order valence-corrected chi connectivity index (χ1v) is 14.4. The van der Waals surface area contributed by atoms with Crippen molar-refractivity contribution in [3.63, 3.8) is 0 Å². The lowest BCUT2D eigenvalue weighted by atomic mass is 10.00. The zero-order chi connectivity index (χ0) is 28.2. The highest BCUT2D eigenvalue weighted by Crippen LogP contribution is 2.38. The van der Waals surface area contributed by atoms with Crippen molar-refractivity contribution >= 4 is 17.5 Å². The Kier molecular flexibility index (Phi) is 12.0. The second-order valence-corrected chi connectivity index (χ2v) is 10.8. The van der Waals surface area contributed by atoms with Crippen LogP contribution in [0.2, 0.25) is 0 Å². The predicted molar refractivity (Wildman–Crippen MR) is 158 cm³/mol. The van der Waals surface area contributed by atoms with Crippen LogP contribution in [0.1, 0.15) is 30.5 Å². The van der Waals surface area contributed by atoms with E-state index in [-0.39, 0.29) is 11.0 Å². The fraction of sp³-hybridized carbons (Fsp3) is 0.364. The summed E-state index contributed by atoms with van der Waals surface area (Å²) in [6.45, 7) is 4.93. The van der Waals surface area contributed by atoms with E-state index < -0.39 is 24.6 Å². The molecule has 6 nitrogen and oxygen atoms in total. The molecule has 0 spiro atoms. The number of benzene rings is 3. The van der Waals surface area contributed by atoms with Gasteiger partial charge in [-0.3, -0.25) is 4.79 Å². The topological polar surface area (TPSA) is 63.2 Å². The van der Waals surface area contributed by atoms with Crippen LogP contribution < -0.4 is 0 Å². The largest absolute Gasteiger partial charge is 0.374 e. The Labute approximate surface area is 241 Å². The number of allylic oxidation sites excluding steroid dienone is 2. The number of carbonyl (C=O) groups is 1. The van der Waals surface area contributed by atoms with Gasteiger partial charge in [0.05, 0.1) is 31.7 Å². The van der Waals surface area contributed by atoms with Gasteiger partial charge in [0.1, 0.15) is 18.3 Å². The Morgan fingerprint density at radius 3 is 1.77 bits per heavy atom. The lowest BCUT2D eigenvalue weighted by Gasteiger charge is -2.45. The van der Waals surface area contributed by atoms with Crippen molar-refractivity contribution in [1.82, 2.24) is 0 Å². The molecule has 3 aromatic rings. The van der Waals surface area contributed by atoms with Crippen molar-refractivity contribution in [2.75, 3.05) is 13.7 Å². The van der Waals surface area contributed by atoms with E-state index in [1.165, 1.54) is 11.8 Å². The molecule has 212 valence electrons. The average Bonchev–Trinajstić information content (AvgIpc) is 2.99. The Balaban J connectivity index is 1.61. The molecule has 1 aliphatic heterocycles. The van der Waals surface area contributed by atoms with Crippen LogP contribution in [0.4, 0.5) is 0 Å². The van der Waals surface area contributed by atoms with Crippen LogP contribution in [0, 0.1) is 0 Å². The first-order valence-electron chi connectivity index (χ1n) is 13.5. The van der Waals surface area contributed by atoms with Gasteiger partial charge in [-0.15, -0.1) is 11.8 Å². The van der Waals surface area contributed by atoms with E-state index in [0.29, 0.717) is 31.3 Å². The average molecular weight is 563 g/mol. The van der Waals surface area contributed by atoms with Crippen LogP contribution in [-0.4, -0.2) is 49.4 Å². The van der Waals surface area contributed by atoms with E-state index >= 15 is 0 Å². The Bertz CT molecular complexity index is 1190. The zero-order valence-corrected chi connectivity index (χ0v) is 24.1. The first kappa shape index (κ1) is 30.2. The van der Waals surface area contributed by atoms with Crippen molar-refractivity contribution in [3.8, 4) is 0 Å². The van der Waals surface area contributed by atoms with Gasteiger partial charge in [0, 0.05) is 12.0 Å². The number of hydrogen-bond donors (Lipinski definition) is 0. The van der Waals surface area contributed by atoms with Gasteiger partial charge in [-0.05, 0) is 30.5 Å². The molecule has 1 aliphatic rings. The van der Waals surface area contributed by atoms with Gasteiger partial charge < -0.3 is 23.7 Å². The molecule has 0 unspecified atom stereocenters. The summed E-state index contributed by atoms with van der Waals surface area (Å²) < 4.78 is 31.7. The van der Waals surface area contributed by atoms with Gasteiger partial charge >= 0.3 is 0 Å². The van der Waals surface area contributed by atoms with Crippen LogP contribution in [-0.2, 0) is 48.3 Å². The molecule has 3 aromatic carbocycles. The predicted octanol–water partition coefficient (Wildman–Crippen LogP) is 6.34. The molecule has 0 N–H and O–H groups in total. The van der Waals surface area contributed by atoms with Crippen LogP contribution >= 0.6 is 11.8 Å². The van der Waals surface area contributed by atoms with E-state index in [1.807, 2.05) is 104 Å². The summed E-state index contributed by atoms with van der Waals surface area (Å²) in [7, 11) is 1.61. The Hall–Kier alpha value is -2.78. The van der Waals surface area contributed by atoms with Gasteiger partial charge in [-0.2, -0.15) is 0 Å². The van der Waals surface area contributed by atoms with Gasteiger partial charge in [-0.25, -0.2) is 0 Å². The number of methoxy groups -OCH3 is 1. The summed E-state index contributed by atoms with van der Waals surface area (Å²) in [6.07, 6.45) is -0.202. The molecular formula is C33H38O6S. The van der Waals surface area contributed by atoms with Crippen molar-refractivity contribution in [2.24, 2.45) is 0 Å². The number of rotatable bonds is 14. The van der Waals surface area contributed by atoms with E-state index in [0.717, 1.165) is 16.7 Å². The monoisotopic (exact) mass is 562 g/mol. The second-order valence-electron chi connectivity index (χ2n) is 9.59. The van der Waals surface area contributed by atoms with Crippen molar-refractivity contribution in [1.29, 1.82) is 0 Å². The summed E-state index contributed by atoms with van der Waals surface area (Å²) in [5.41, 5.74) is 3.17. The minimum atomic E-state index is -0.637. The normalized spacial score (nSPS) is 23.2. The molecule has 7 heteroatoms. The summed E-state index contributed by atoms with van der Waals surface area (Å²) in [4.78, 5) is 13.0. The van der Waals surface area contributed by atoms with Crippen LogP contribution in [0.25, 0.3) is 0 Å². The van der Waals surface area contributed by atoms with Gasteiger partial charge in [0.15, 0.2) is 12.1 Å². The lowest BCUT2D eigenvalue weighted by molar-refractivity contribution is -0.268. The van der Waals surface area contributed by atoms with Gasteiger partial charge in [-0.1, -0.05) is 97.1 Å². The highest BCUT2D eigenvalue weighted by Gasteiger charge is 2.48. The maximum Gasteiger partial charge on any atom is 0.172 e. The van der Waals surface area contributed by atoms with Crippen molar-refractivity contribution < 1.29 is 28.5 Å². The molecule has 4 rings (SSSR count). The molecule has 0 radical (unpaired) electrons. The van der Waals surface area contributed by atoms with E-state index in [9.17, 15) is 4.79 Å². The number of hydrogen-bond acceptors (Lipinski definition) is 7. The van der Waals surface area contributed by atoms with Crippen molar-refractivity contribution in [3.05, 3.63) is 119 Å². The Morgan fingerprint density at radius 2 is 1.30 bits per heavy atom. The van der Waals surface area contributed by atoms with Crippen LogP contribution in [0.15, 0.2) is 102 Å². The van der Waals surface area contributed by atoms with Gasteiger partial charge in [0.2, 0.25) is 0 Å². The number of thioether (sulfide) groups is 1. The molecule has 0 amide bonds. The van der Waals surface area contributed by atoms with E-state index in [4.69, 9.17) is 23.7 Å². The van der Waals surface area contributed by atoms with Gasteiger partial charge in [0.25, 0.3) is 0 Å². The fourth-order valence-corrected chi connectivity index (χ4v) is 5.87. The maximum atomic E-state index is 12.4. The summed E-state index contributed by atoms with van der Waals surface area (Å²) >= 11 is 1.41. The minimum absolute atomic E-state index is 0.0146. The minimum Gasteiger partial charge on any atom is -0.374 e. The van der Waals surface area contributed by atoms with E-state index in [2.05, 4.69) is 0 Å². The summed E-state index contributed by atoms with van der Waals surface area (Å²) in [6, 6.07) is 30.1. The standard InChI is InChI=1S/C33H38O6S/c1-4-29(24(2)34)40-32-31(38-22-27-18-12-7-13-19-27)30(37-21-26-16-10-6-11-17-26)28(39-33(32)35-3)23-36-20-25-14-8-5-9-15-25/h4-19,28,30-33H,20-23H2,1-3H3/b29-4-/t28-,30-,31+,32-,33-/m1/s1. The number of ether oxygens (including phenoxy) is 5. The number of carbonyl (C=O) groups excluding carboxylic acids is 1. The third-order valence-corrected chi connectivity index (χ3v) is 8.20. The molecule has 1 fully saturated rings. The molecule has 0 aliphatic carbocycles. The highest BCUT2D eigenvalue weighted by molar-refractivity contribution is 8.04. The molecule has 5 atom stereocenters. The fourth-order valence-electron chi connectivity index (χ4n) is 4.62. The van der Waals surface area contributed by atoms with Crippen molar-refractivity contribution in [2.45, 2.75) is 63.5 Å². The SMILES string of the molecule is C/C=C(\S[C@H]1[C@H](OC)O[C@H](COCc2ccccc2)[C@@H](OCc2ccccc2)[C@@H]1OCc1ccccc1)C(C)=O. The van der Waals surface area contributed by atoms with Crippen LogP contribution in [0.3, 0.4) is 0 Å². The molecule has 0 saturated carbocycles. The first-order chi connectivity index (χ1) is 19.6. The molecule has 1 heterocycles. The maximum absolute atomic E-state index is 12.4. The lowest BCUT2D eigenvalue weighted by Crippen LogP contribution is -2.59. The zero-order valence-electron chi connectivity index (χ0n) is 23.3. The third-order valence-electron chi connectivity index (χ3n) is 6.66. The summed E-state index contributed by atoms with van der Waals surface area (Å²) in [5.74, 6) is -0.0146. The number of Topliss-reactive ketones (excluding diaryl/α,β-unsaturated/α-hetero) is 1. The second kappa shape index (κ2) is 15.9. The number of ketones is 1. The third kappa shape index (κ3) is 8.61. The highest BCUT2D eigenvalue weighted by atomic mass is 32.2. The molecule has 1 saturated heterocycles. The smallest absolute Gasteiger partial charge is 0.172 e. The molecule has 0 bridgehead atoms. The molecule has 40 heavy (non-hydrogen) atoms. The Morgan fingerprint density at radius 1 is 0.800 bits per heavy atom. The van der Waals surface area contributed by atoms with E-state index in [1.54, 1.807) is 14.0 Å².